The smallest absolute Gasteiger partial charge is 0.223 e. The number of rotatable bonds is 10. The highest BCUT2D eigenvalue weighted by molar-refractivity contribution is 7.99. The molecule has 2 aromatic heterocycles. The van der Waals surface area contributed by atoms with Crippen LogP contribution in [0.1, 0.15) is 37.3 Å². The SMILES string of the molecule is Cc1ccccc1-n1c(SCCCC(=O)N2CCN(C(=O)CCc3ccccc3)C(C)C2)nnc1-c1ccco1. The van der Waals surface area contributed by atoms with Crippen molar-refractivity contribution in [1.29, 1.82) is 0 Å². The Hall–Kier alpha value is -3.85. The molecule has 1 aliphatic rings. The lowest BCUT2D eigenvalue weighted by molar-refractivity contribution is -0.142. The maximum atomic E-state index is 13.0. The van der Waals surface area contributed by atoms with Crippen molar-refractivity contribution in [1.82, 2.24) is 24.6 Å². The summed E-state index contributed by atoms with van der Waals surface area (Å²) in [6.07, 6.45) is 4.06. The minimum absolute atomic E-state index is 0.0167. The lowest BCUT2D eigenvalue weighted by Gasteiger charge is -2.40. The molecule has 1 unspecified atom stereocenters. The molecule has 0 spiro atoms. The highest BCUT2D eigenvalue weighted by atomic mass is 32.2. The van der Waals surface area contributed by atoms with E-state index in [1.165, 1.54) is 5.56 Å². The zero-order valence-corrected chi connectivity index (χ0v) is 23.8. The van der Waals surface area contributed by atoms with Gasteiger partial charge in [0.05, 0.1) is 12.0 Å². The summed E-state index contributed by atoms with van der Waals surface area (Å²) in [5, 5.41) is 9.63. The van der Waals surface area contributed by atoms with Crippen LogP contribution >= 0.6 is 11.8 Å². The van der Waals surface area contributed by atoms with Crippen molar-refractivity contribution in [2.45, 2.75) is 50.7 Å². The Morgan fingerprint density at radius 1 is 0.950 bits per heavy atom. The third-order valence-corrected chi connectivity index (χ3v) is 8.28. The van der Waals surface area contributed by atoms with Gasteiger partial charge in [-0.05, 0) is 56.0 Å². The third-order valence-electron chi connectivity index (χ3n) is 7.27. The molecule has 2 aromatic carbocycles. The molecule has 40 heavy (non-hydrogen) atoms. The largest absolute Gasteiger partial charge is 0.461 e. The standard InChI is InChI=1S/C31H35N5O3S/c1-23-10-6-7-13-26(23)36-30(27-14-8-20-39-27)32-33-31(36)40-21-9-15-28(37)34-18-19-35(24(2)22-34)29(38)17-16-25-11-4-3-5-12-25/h3-8,10-14,20,24H,9,15-19,21-22H2,1-2H3. The summed E-state index contributed by atoms with van der Waals surface area (Å²) in [5.41, 5.74) is 3.28. The van der Waals surface area contributed by atoms with Crippen LogP contribution in [0.2, 0.25) is 0 Å². The van der Waals surface area contributed by atoms with Crippen molar-refractivity contribution in [2.24, 2.45) is 0 Å². The first kappa shape index (κ1) is 27.7. The molecule has 208 valence electrons. The molecule has 0 saturated carbocycles. The molecule has 9 heteroatoms. The number of aromatic nitrogens is 3. The van der Waals surface area contributed by atoms with E-state index in [1.807, 2.05) is 69.8 Å². The number of furan rings is 1. The summed E-state index contributed by atoms with van der Waals surface area (Å²) in [4.78, 5) is 29.7. The van der Waals surface area contributed by atoms with Crippen LogP contribution in [0.15, 0.2) is 82.6 Å². The fraction of sp³-hybridized carbons (Fsp3) is 0.355. The van der Waals surface area contributed by atoms with E-state index in [-0.39, 0.29) is 17.9 Å². The summed E-state index contributed by atoms with van der Waals surface area (Å²) in [6, 6.07) is 21.9. The van der Waals surface area contributed by atoms with E-state index in [0.717, 1.165) is 35.0 Å². The Bertz CT molecular complexity index is 1420. The number of piperazine rings is 1. The minimum Gasteiger partial charge on any atom is -0.461 e. The Kier molecular flexibility index (Phi) is 9.01. The van der Waals surface area contributed by atoms with E-state index in [0.29, 0.717) is 44.1 Å². The van der Waals surface area contributed by atoms with Gasteiger partial charge in [-0.3, -0.25) is 14.2 Å². The number of benzene rings is 2. The second kappa shape index (κ2) is 13.0. The number of carbonyl (C=O) groups excluding carboxylic acids is 2. The number of thioether (sulfide) groups is 1. The van der Waals surface area contributed by atoms with Crippen LogP contribution in [0.4, 0.5) is 0 Å². The van der Waals surface area contributed by atoms with Crippen LogP contribution in [-0.2, 0) is 16.0 Å². The van der Waals surface area contributed by atoms with Gasteiger partial charge in [-0.2, -0.15) is 0 Å². The first-order chi connectivity index (χ1) is 19.5. The van der Waals surface area contributed by atoms with E-state index in [1.54, 1.807) is 18.0 Å². The number of hydrogen-bond acceptors (Lipinski definition) is 6. The van der Waals surface area contributed by atoms with Gasteiger partial charge in [-0.25, -0.2) is 0 Å². The average molecular weight is 558 g/mol. The zero-order chi connectivity index (χ0) is 27.9. The molecule has 2 amide bonds. The Balaban J connectivity index is 1.12. The molecule has 4 aromatic rings. The van der Waals surface area contributed by atoms with Crippen LogP contribution in [0.5, 0.6) is 0 Å². The molecule has 3 heterocycles. The van der Waals surface area contributed by atoms with Gasteiger partial charge >= 0.3 is 0 Å². The first-order valence-corrected chi connectivity index (χ1v) is 14.8. The van der Waals surface area contributed by atoms with Gasteiger partial charge in [0.15, 0.2) is 10.9 Å². The Morgan fingerprint density at radius 2 is 1.75 bits per heavy atom. The van der Waals surface area contributed by atoms with Crippen LogP contribution in [0, 0.1) is 6.92 Å². The van der Waals surface area contributed by atoms with Crippen molar-refractivity contribution < 1.29 is 14.0 Å². The highest BCUT2D eigenvalue weighted by Gasteiger charge is 2.29. The van der Waals surface area contributed by atoms with Crippen molar-refractivity contribution >= 4 is 23.6 Å². The molecule has 0 radical (unpaired) electrons. The summed E-state index contributed by atoms with van der Waals surface area (Å²) in [6.45, 7) is 5.85. The van der Waals surface area contributed by atoms with E-state index in [2.05, 4.69) is 35.3 Å². The van der Waals surface area contributed by atoms with Gasteiger partial charge in [-0.1, -0.05) is 60.3 Å². The van der Waals surface area contributed by atoms with Crippen LogP contribution in [-0.4, -0.2) is 67.8 Å². The molecule has 8 nitrogen and oxygen atoms in total. The van der Waals surface area contributed by atoms with Crippen LogP contribution in [0.3, 0.4) is 0 Å². The molecule has 0 bridgehead atoms. The number of para-hydroxylation sites is 1. The normalized spacial score (nSPS) is 15.4. The summed E-state index contributed by atoms with van der Waals surface area (Å²) in [7, 11) is 0. The third kappa shape index (κ3) is 6.47. The van der Waals surface area contributed by atoms with Gasteiger partial charge in [-0.15, -0.1) is 10.2 Å². The fourth-order valence-electron chi connectivity index (χ4n) is 5.10. The van der Waals surface area contributed by atoms with E-state index >= 15 is 0 Å². The summed E-state index contributed by atoms with van der Waals surface area (Å²) < 4.78 is 7.64. The Morgan fingerprint density at radius 3 is 2.50 bits per heavy atom. The molecule has 1 aliphatic heterocycles. The predicted octanol–water partition coefficient (Wildman–Crippen LogP) is 5.40. The number of nitrogens with zero attached hydrogens (tertiary/aromatic N) is 5. The monoisotopic (exact) mass is 557 g/mol. The van der Waals surface area contributed by atoms with E-state index in [9.17, 15) is 9.59 Å². The summed E-state index contributed by atoms with van der Waals surface area (Å²) in [5.74, 6) is 2.35. The Labute approximate surface area is 239 Å². The van der Waals surface area contributed by atoms with Crippen LogP contribution in [0.25, 0.3) is 17.3 Å². The predicted molar refractivity (Wildman–Crippen MR) is 156 cm³/mol. The fourth-order valence-corrected chi connectivity index (χ4v) is 5.98. The lowest BCUT2D eigenvalue weighted by atomic mass is 10.1. The van der Waals surface area contributed by atoms with Crippen molar-refractivity contribution in [3.8, 4) is 17.3 Å². The molecule has 0 aliphatic carbocycles. The molecule has 1 atom stereocenters. The molecule has 5 rings (SSSR count). The van der Waals surface area contributed by atoms with Gasteiger partial charge in [0.1, 0.15) is 0 Å². The quantitative estimate of drug-likeness (QED) is 0.192. The van der Waals surface area contributed by atoms with Gasteiger partial charge < -0.3 is 14.2 Å². The number of aryl methyl sites for hydroxylation is 2. The molecular formula is C31H35N5O3S. The topological polar surface area (TPSA) is 84.5 Å². The second-order valence-corrected chi connectivity index (χ2v) is 11.2. The number of carbonyl (C=O) groups is 2. The van der Waals surface area contributed by atoms with Crippen molar-refractivity contribution in [2.75, 3.05) is 25.4 Å². The first-order valence-electron chi connectivity index (χ1n) is 13.8. The van der Waals surface area contributed by atoms with Crippen molar-refractivity contribution in [3.05, 3.63) is 84.1 Å². The van der Waals surface area contributed by atoms with Gasteiger partial charge in [0.2, 0.25) is 17.6 Å². The van der Waals surface area contributed by atoms with E-state index in [4.69, 9.17) is 4.42 Å². The van der Waals surface area contributed by atoms with Crippen molar-refractivity contribution in [3.63, 3.8) is 0 Å². The number of amides is 2. The minimum atomic E-state index is 0.0167. The maximum Gasteiger partial charge on any atom is 0.223 e. The van der Waals surface area contributed by atoms with Gasteiger partial charge in [0, 0.05) is 44.3 Å². The molecule has 0 N–H and O–H groups in total. The zero-order valence-electron chi connectivity index (χ0n) is 23.0. The summed E-state index contributed by atoms with van der Waals surface area (Å²) >= 11 is 1.59. The number of hydrogen-bond donors (Lipinski definition) is 0. The highest BCUT2D eigenvalue weighted by Crippen LogP contribution is 2.30. The average Bonchev–Trinajstić information content (AvgIpc) is 3.65. The lowest BCUT2D eigenvalue weighted by Crippen LogP contribution is -2.55. The van der Waals surface area contributed by atoms with Crippen LogP contribution < -0.4 is 0 Å². The molecular weight excluding hydrogens is 522 g/mol. The second-order valence-electron chi connectivity index (χ2n) is 10.1. The molecule has 1 fully saturated rings. The van der Waals surface area contributed by atoms with E-state index < -0.39 is 0 Å². The molecule has 1 saturated heterocycles. The maximum absolute atomic E-state index is 13.0. The van der Waals surface area contributed by atoms with Gasteiger partial charge in [0.25, 0.3) is 0 Å².